The SMILES string of the molecule is COc1c(C)cc([C@](C)(O)C(C)C)cc1C. The summed E-state index contributed by atoms with van der Waals surface area (Å²) in [5.41, 5.74) is 2.30. The zero-order valence-electron chi connectivity index (χ0n) is 11.1. The Bertz CT molecular complexity index is 355. The minimum absolute atomic E-state index is 0.180. The van der Waals surface area contributed by atoms with Crippen molar-refractivity contribution in [3.63, 3.8) is 0 Å². The molecule has 0 saturated heterocycles. The Hall–Kier alpha value is -1.02. The molecule has 0 aliphatic carbocycles. The van der Waals surface area contributed by atoms with E-state index in [-0.39, 0.29) is 5.92 Å². The summed E-state index contributed by atoms with van der Waals surface area (Å²) in [6, 6.07) is 4.01. The van der Waals surface area contributed by atoms with Crippen LogP contribution >= 0.6 is 0 Å². The number of hydrogen-bond donors (Lipinski definition) is 1. The molecule has 0 saturated carbocycles. The molecular weight excluding hydrogens is 200 g/mol. The molecule has 0 spiro atoms. The van der Waals surface area contributed by atoms with E-state index in [0.717, 1.165) is 22.4 Å². The van der Waals surface area contributed by atoms with Crippen molar-refractivity contribution in [3.8, 4) is 5.75 Å². The lowest BCUT2D eigenvalue weighted by atomic mass is 9.84. The number of rotatable bonds is 3. The highest BCUT2D eigenvalue weighted by atomic mass is 16.5. The third-order valence-electron chi connectivity index (χ3n) is 3.37. The van der Waals surface area contributed by atoms with E-state index in [4.69, 9.17) is 4.74 Å². The molecule has 1 aromatic carbocycles. The predicted molar refractivity (Wildman–Crippen MR) is 66.9 cm³/mol. The lowest BCUT2D eigenvalue weighted by Crippen LogP contribution is -2.28. The summed E-state index contributed by atoms with van der Waals surface area (Å²) in [5, 5.41) is 10.4. The molecule has 0 aliphatic heterocycles. The van der Waals surface area contributed by atoms with Crippen molar-refractivity contribution in [1.29, 1.82) is 0 Å². The van der Waals surface area contributed by atoms with E-state index in [2.05, 4.69) is 0 Å². The highest BCUT2D eigenvalue weighted by Crippen LogP contribution is 2.33. The number of ether oxygens (including phenoxy) is 1. The van der Waals surface area contributed by atoms with Crippen molar-refractivity contribution in [3.05, 3.63) is 28.8 Å². The zero-order chi connectivity index (χ0) is 12.5. The molecule has 0 aromatic heterocycles. The monoisotopic (exact) mass is 222 g/mol. The molecule has 1 N–H and O–H groups in total. The van der Waals surface area contributed by atoms with Gasteiger partial charge in [-0.3, -0.25) is 0 Å². The maximum absolute atomic E-state index is 10.4. The summed E-state index contributed by atoms with van der Waals surface area (Å²) in [6.07, 6.45) is 0. The number of benzene rings is 1. The zero-order valence-corrected chi connectivity index (χ0v) is 11.1. The summed E-state index contributed by atoms with van der Waals surface area (Å²) in [6.45, 7) is 9.92. The van der Waals surface area contributed by atoms with Crippen molar-refractivity contribution in [2.24, 2.45) is 5.92 Å². The Morgan fingerprint density at radius 3 is 1.94 bits per heavy atom. The van der Waals surface area contributed by atoms with Gasteiger partial charge in [0.2, 0.25) is 0 Å². The topological polar surface area (TPSA) is 29.5 Å². The standard InChI is InChI=1S/C14H22O2/c1-9(2)14(5,15)12-7-10(3)13(16-6)11(4)8-12/h7-9,15H,1-6H3/t14-/m1/s1. The van der Waals surface area contributed by atoms with Crippen LogP contribution in [0.25, 0.3) is 0 Å². The molecule has 0 bridgehead atoms. The molecule has 0 heterocycles. The maximum Gasteiger partial charge on any atom is 0.124 e. The first kappa shape index (κ1) is 13.0. The minimum Gasteiger partial charge on any atom is -0.496 e. The number of aryl methyl sites for hydroxylation is 2. The third kappa shape index (κ3) is 2.22. The van der Waals surface area contributed by atoms with E-state index in [1.54, 1.807) is 7.11 Å². The smallest absolute Gasteiger partial charge is 0.124 e. The van der Waals surface area contributed by atoms with Crippen LogP contribution in [-0.2, 0) is 5.60 Å². The summed E-state index contributed by atoms with van der Waals surface area (Å²) >= 11 is 0. The maximum atomic E-state index is 10.4. The molecule has 0 radical (unpaired) electrons. The number of methoxy groups -OCH3 is 1. The van der Waals surface area contributed by atoms with Crippen LogP contribution in [0, 0.1) is 19.8 Å². The second kappa shape index (κ2) is 4.46. The van der Waals surface area contributed by atoms with E-state index in [1.165, 1.54) is 0 Å². The Morgan fingerprint density at radius 2 is 1.62 bits per heavy atom. The predicted octanol–water partition coefficient (Wildman–Crippen LogP) is 3.18. The van der Waals surface area contributed by atoms with E-state index in [1.807, 2.05) is 46.8 Å². The van der Waals surface area contributed by atoms with Gasteiger partial charge in [-0.2, -0.15) is 0 Å². The van der Waals surface area contributed by atoms with E-state index >= 15 is 0 Å². The van der Waals surface area contributed by atoms with Gasteiger partial charge in [-0.1, -0.05) is 13.8 Å². The van der Waals surface area contributed by atoms with Gasteiger partial charge in [0.25, 0.3) is 0 Å². The van der Waals surface area contributed by atoms with Crippen molar-refractivity contribution >= 4 is 0 Å². The molecule has 1 atom stereocenters. The highest BCUT2D eigenvalue weighted by molar-refractivity contribution is 5.44. The first-order chi connectivity index (χ1) is 7.30. The van der Waals surface area contributed by atoms with E-state index < -0.39 is 5.60 Å². The molecule has 1 aromatic rings. The fraction of sp³-hybridized carbons (Fsp3) is 0.571. The normalized spacial score (nSPS) is 15.0. The second-order valence-corrected chi connectivity index (χ2v) is 4.95. The van der Waals surface area contributed by atoms with Crippen LogP contribution in [-0.4, -0.2) is 12.2 Å². The van der Waals surface area contributed by atoms with Crippen molar-refractivity contribution in [1.82, 2.24) is 0 Å². The second-order valence-electron chi connectivity index (χ2n) is 4.95. The molecule has 0 aliphatic rings. The van der Waals surface area contributed by atoms with Crippen molar-refractivity contribution < 1.29 is 9.84 Å². The van der Waals surface area contributed by atoms with Gasteiger partial charge in [0, 0.05) is 0 Å². The number of hydrogen-bond acceptors (Lipinski definition) is 2. The molecule has 90 valence electrons. The van der Waals surface area contributed by atoms with Crippen LogP contribution in [0.1, 0.15) is 37.5 Å². The van der Waals surface area contributed by atoms with Crippen LogP contribution in [0.2, 0.25) is 0 Å². The van der Waals surface area contributed by atoms with Gasteiger partial charge in [-0.25, -0.2) is 0 Å². The first-order valence-corrected chi connectivity index (χ1v) is 5.68. The largest absolute Gasteiger partial charge is 0.496 e. The summed E-state index contributed by atoms with van der Waals surface area (Å²) in [7, 11) is 1.68. The lowest BCUT2D eigenvalue weighted by Gasteiger charge is -2.29. The molecule has 0 fully saturated rings. The van der Waals surface area contributed by atoms with Crippen LogP contribution in [0.5, 0.6) is 5.75 Å². The molecule has 0 unspecified atom stereocenters. The first-order valence-electron chi connectivity index (χ1n) is 5.68. The van der Waals surface area contributed by atoms with Gasteiger partial charge in [0.1, 0.15) is 5.75 Å². The van der Waals surface area contributed by atoms with E-state index in [0.29, 0.717) is 0 Å². The van der Waals surface area contributed by atoms with Gasteiger partial charge in [0.05, 0.1) is 12.7 Å². The van der Waals surface area contributed by atoms with Crippen LogP contribution < -0.4 is 4.74 Å². The molecule has 0 amide bonds. The summed E-state index contributed by atoms with van der Waals surface area (Å²) in [4.78, 5) is 0. The fourth-order valence-corrected chi connectivity index (χ4v) is 1.90. The van der Waals surface area contributed by atoms with Gasteiger partial charge in [-0.05, 0) is 55.5 Å². The Kier molecular flexibility index (Phi) is 3.64. The van der Waals surface area contributed by atoms with Crippen molar-refractivity contribution in [2.45, 2.75) is 40.2 Å². The van der Waals surface area contributed by atoms with Gasteiger partial charge >= 0.3 is 0 Å². The van der Waals surface area contributed by atoms with Gasteiger partial charge in [0.15, 0.2) is 0 Å². The molecule has 2 nitrogen and oxygen atoms in total. The Balaban J connectivity index is 3.29. The van der Waals surface area contributed by atoms with Crippen LogP contribution in [0.15, 0.2) is 12.1 Å². The van der Waals surface area contributed by atoms with Gasteiger partial charge < -0.3 is 9.84 Å². The third-order valence-corrected chi connectivity index (χ3v) is 3.37. The van der Waals surface area contributed by atoms with Crippen molar-refractivity contribution in [2.75, 3.05) is 7.11 Å². The Morgan fingerprint density at radius 1 is 1.19 bits per heavy atom. The molecule has 16 heavy (non-hydrogen) atoms. The van der Waals surface area contributed by atoms with Crippen LogP contribution in [0.3, 0.4) is 0 Å². The Labute approximate surface area is 98.3 Å². The quantitative estimate of drug-likeness (QED) is 0.851. The highest BCUT2D eigenvalue weighted by Gasteiger charge is 2.28. The molecule has 2 heteroatoms. The van der Waals surface area contributed by atoms with Gasteiger partial charge in [-0.15, -0.1) is 0 Å². The average Bonchev–Trinajstić information content (AvgIpc) is 2.16. The molecular formula is C14H22O2. The van der Waals surface area contributed by atoms with E-state index in [9.17, 15) is 5.11 Å². The number of aliphatic hydroxyl groups is 1. The average molecular weight is 222 g/mol. The molecule has 1 rings (SSSR count). The summed E-state index contributed by atoms with van der Waals surface area (Å²) in [5.74, 6) is 1.09. The fourth-order valence-electron chi connectivity index (χ4n) is 1.90. The summed E-state index contributed by atoms with van der Waals surface area (Å²) < 4.78 is 5.32. The minimum atomic E-state index is -0.790. The van der Waals surface area contributed by atoms with Crippen LogP contribution in [0.4, 0.5) is 0 Å². The lowest BCUT2D eigenvalue weighted by molar-refractivity contribution is 0.00891.